The molecule has 0 saturated heterocycles. The third kappa shape index (κ3) is 6.61. The van der Waals surface area contributed by atoms with Crippen molar-refractivity contribution in [3.63, 3.8) is 0 Å². The smallest absolute Gasteiger partial charge is 0.191 e. The second kappa shape index (κ2) is 9.74. The first kappa shape index (κ1) is 17.1. The summed E-state index contributed by atoms with van der Waals surface area (Å²) in [4.78, 5) is 8.40. The third-order valence-electron chi connectivity index (χ3n) is 3.18. The molecule has 23 heavy (non-hydrogen) atoms. The zero-order chi connectivity index (χ0) is 16.3. The Bertz CT molecular complexity index is 632. The van der Waals surface area contributed by atoms with Crippen LogP contribution in [-0.2, 0) is 23.1 Å². The molecule has 2 aromatic rings. The summed E-state index contributed by atoms with van der Waals surface area (Å²) in [5.74, 6) is 1.86. The molecule has 1 heterocycles. The molecule has 0 aliphatic rings. The highest BCUT2D eigenvalue weighted by atomic mass is 32.2. The molecule has 6 heteroatoms. The summed E-state index contributed by atoms with van der Waals surface area (Å²) in [5, 5.41) is 6.36. The van der Waals surface area contributed by atoms with Crippen molar-refractivity contribution in [2.24, 2.45) is 4.99 Å². The lowest BCUT2D eigenvalue weighted by Crippen LogP contribution is -2.38. The molecule has 2 rings (SSSR count). The van der Waals surface area contributed by atoms with Crippen molar-refractivity contribution in [3.05, 3.63) is 66.0 Å². The highest BCUT2D eigenvalue weighted by Crippen LogP contribution is 2.02. The van der Waals surface area contributed by atoms with E-state index in [1.807, 2.05) is 48.5 Å². The number of guanidine groups is 1. The Morgan fingerprint density at radius 2 is 1.91 bits per heavy atom. The van der Waals surface area contributed by atoms with Gasteiger partial charge in [-0.05, 0) is 17.7 Å². The van der Waals surface area contributed by atoms with Gasteiger partial charge in [-0.3, -0.25) is 14.2 Å². The number of pyridine rings is 1. The van der Waals surface area contributed by atoms with Crippen LogP contribution in [0.3, 0.4) is 0 Å². The number of hydrogen-bond donors (Lipinski definition) is 2. The molecule has 0 amide bonds. The van der Waals surface area contributed by atoms with Crippen molar-refractivity contribution < 1.29 is 4.21 Å². The normalized spacial score (nSPS) is 12.7. The van der Waals surface area contributed by atoms with Crippen LogP contribution < -0.4 is 10.6 Å². The molecule has 1 atom stereocenters. The van der Waals surface area contributed by atoms with Gasteiger partial charge in [-0.1, -0.05) is 36.4 Å². The van der Waals surface area contributed by atoms with E-state index in [1.165, 1.54) is 0 Å². The van der Waals surface area contributed by atoms with Crippen molar-refractivity contribution >= 4 is 16.8 Å². The fourth-order valence-electron chi connectivity index (χ4n) is 2.01. The molecule has 122 valence electrons. The largest absolute Gasteiger partial charge is 0.355 e. The van der Waals surface area contributed by atoms with Crippen LogP contribution in [0.1, 0.15) is 11.3 Å². The SMILES string of the molecule is CN=C(NCCS(=O)Cc1ccccc1)NCc1ccccn1. The molecule has 0 saturated carbocycles. The van der Waals surface area contributed by atoms with Gasteiger partial charge in [-0.25, -0.2) is 0 Å². The molecule has 0 fully saturated rings. The Hall–Kier alpha value is -2.21. The van der Waals surface area contributed by atoms with E-state index in [0.29, 0.717) is 30.6 Å². The Morgan fingerprint density at radius 1 is 1.13 bits per heavy atom. The minimum atomic E-state index is -0.887. The zero-order valence-corrected chi connectivity index (χ0v) is 14.1. The van der Waals surface area contributed by atoms with Gasteiger partial charge >= 0.3 is 0 Å². The summed E-state index contributed by atoms with van der Waals surface area (Å²) in [6.07, 6.45) is 1.76. The quantitative estimate of drug-likeness (QED) is 0.599. The van der Waals surface area contributed by atoms with Gasteiger partial charge < -0.3 is 10.6 Å². The van der Waals surface area contributed by atoms with Crippen molar-refractivity contribution in [2.45, 2.75) is 12.3 Å². The van der Waals surface area contributed by atoms with Gasteiger partial charge in [-0.15, -0.1) is 0 Å². The van der Waals surface area contributed by atoms with Crippen LogP contribution in [0.5, 0.6) is 0 Å². The summed E-state index contributed by atoms with van der Waals surface area (Å²) >= 11 is 0. The number of hydrogen-bond acceptors (Lipinski definition) is 3. The van der Waals surface area contributed by atoms with E-state index in [1.54, 1.807) is 13.2 Å². The van der Waals surface area contributed by atoms with Crippen LogP contribution in [0.25, 0.3) is 0 Å². The first-order valence-corrected chi connectivity index (χ1v) is 9.00. The van der Waals surface area contributed by atoms with E-state index >= 15 is 0 Å². The fraction of sp³-hybridized carbons (Fsp3) is 0.294. The van der Waals surface area contributed by atoms with Crippen LogP contribution >= 0.6 is 0 Å². The van der Waals surface area contributed by atoms with Crippen LogP contribution in [0.2, 0.25) is 0 Å². The fourth-order valence-corrected chi connectivity index (χ4v) is 3.05. The maximum atomic E-state index is 12.1. The molecular formula is C17H22N4OS. The van der Waals surface area contributed by atoms with Crippen molar-refractivity contribution in [1.82, 2.24) is 15.6 Å². The predicted molar refractivity (Wildman–Crippen MR) is 95.6 cm³/mol. The van der Waals surface area contributed by atoms with E-state index in [9.17, 15) is 4.21 Å². The molecule has 1 aromatic carbocycles. The summed E-state index contributed by atoms with van der Waals surface area (Å²) < 4.78 is 12.1. The summed E-state index contributed by atoms with van der Waals surface area (Å²) in [6.45, 7) is 1.22. The number of aromatic nitrogens is 1. The standard InChI is InChI=1S/C17H22N4OS/c1-18-17(21-13-16-9-5-6-10-19-16)20-11-12-23(22)14-15-7-3-2-4-8-15/h2-10H,11-14H2,1H3,(H2,18,20,21). The van der Waals surface area contributed by atoms with E-state index < -0.39 is 10.8 Å². The third-order valence-corrected chi connectivity index (χ3v) is 4.49. The van der Waals surface area contributed by atoms with Gasteiger partial charge in [0.05, 0.1) is 12.2 Å². The predicted octanol–water partition coefficient (Wildman–Crippen LogP) is 1.70. The molecule has 2 N–H and O–H groups in total. The molecule has 1 unspecified atom stereocenters. The molecule has 5 nitrogen and oxygen atoms in total. The van der Waals surface area contributed by atoms with Gasteiger partial charge in [0.15, 0.2) is 5.96 Å². The number of aliphatic imine (C=N–C) groups is 1. The lowest BCUT2D eigenvalue weighted by Gasteiger charge is -2.11. The highest BCUT2D eigenvalue weighted by molar-refractivity contribution is 7.84. The van der Waals surface area contributed by atoms with Gasteiger partial charge in [0.2, 0.25) is 0 Å². The van der Waals surface area contributed by atoms with E-state index in [4.69, 9.17) is 0 Å². The molecule has 0 spiro atoms. The topological polar surface area (TPSA) is 66.4 Å². The second-order valence-corrected chi connectivity index (χ2v) is 6.52. The van der Waals surface area contributed by atoms with Crippen LogP contribution in [0.4, 0.5) is 0 Å². The number of rotatable bonds is 7. The average Bonchev–Trinajstić information content (AvgIpc) is 2.59. The second-order valence-electron chi connectivity index (χ2n) is 4.95. The lowest BCUT2D eigenvalue weighted by atomic mass is 10.2. The Morgan fingerprint density at radius 3 is 2.61 bits per heavy atom. The molecule has 0 aliphatic carbocycles. The summed E-state index contributed by atoms with van der Waals surface area (Å²) in [7, 11) is 0.830. The molecule has 1 aromatic heterocycles. The molecule has 0 aliphatic heterocycles. The van der Waals surface area contributed by atoms with Gasteiger partial charge in [0.25, 0.3) is 0 Å². The Kier molecular flexibility index (Phi) is 7.26. The number of nitrogens with one attached hydrogen (secondary N) is 2. The van der Waals surface area contributed by atoms with Crippen LogP contribution in [-0.4, -0.2) is 34.5 Å². The zero-order valence-electron chi connectivity index (χ0n) is 13.2. The van der Waals surface area contributed by atoms with Gasteiger partial charge in [0, 0.05) is 42.1 Å². The Balaban J connectivity index is 1.68. The monoisotopic (exact) mass is 330 g/mol. The molecular weight excluding hydrogens is 308 g/mol. The lowest BCUT2D eigenvalue weighted by molar-refractivity contribution is 0.680. The molecule has 0 bridgehead atoms. The van der Waals surface area contributed by atoms with Gasteiger partial charge in [0.1, 0.15) is 0 Å². The van der Waals surface area contributed by atoms with E-state index in [-0.39, 0.29) is 0 Å². The summed E-state index contributed by atoms with van der Waals surface area (Å²) in [5.41, 5.74) is 2.05. The van der Waals surface area contributed by atoms with Crippen molar-refractivity contribution in [1.29, 1.82) is 0 Å². The van der Waals surface area contributed by atoms with Crippen molar-refractivity contribution in [3.8, 4) is 0 Å². The maximum absolute atomic E-state index is 12.1. The first-order valence-electron chi connectivity index (χ1n) is 7.51. The maximum Gasteiger partial charge on any atom is 0.191 e. The van der Waals surface area contributed by atoms with Crippen LogP contribution in [0, 0.1) is 0 Å². The summed E-state index contributed by atoms with van der Waals surface area (Å²) in [6, 6.07) is 15.7. The average molecular weight is 330 g/mol. The number of nitrogens with zero attached hydrogens (tertiary/aromatic N) is 2. The number of benzene rings is 1. The first-order chi connectivity index (χ1) is 11.3. The minimum Gasteiger partial charge on any atom is -0.355 e. The highest BCUT2D eigenvalue weighted by Gasteiger charge is 2.03. The van der Waals surface area contributed by atoms with Gasteiger partial charge in [-0.2, -0.15) is 0 Å². The van der Waals surface area contributed by atoms with E-state index in [0.717, 1.165) is 11.3 Å². The Labute approximate surface area is 139 Å². The van der Waals surface area contributed by atoms with E-state index in [2.05, 4.69) is 20.6 Å². The van der Waals surface area contributed by atoms with Crippen molar-refractivity contribution in [2.75, 3.05) is 19.3 Å². The van der Waals surface area contributed by atoms with Crippen LogP contribution in [0.15, 0.2) is 59.7 Å². The molecule has 0 radical (unpaired) electrons. The minimum absolute atomic E-state index is 0.583.